The molecule has 3 N–H and O–H groups in total. The zero-order chi connectivity index (χ0) is 15.2. The predicted octanol–water partition coefficient (Wildman–Crippen LogP) is -0.388. The summed E-state index contributed by atoms with van der Waals surface area (Å²) in [5.74, 6) is -0.00948. The fourth-order valence-corrected chi connectivity index (χ4v) is 2.79. The number of rotatable bonds is 8. The SMILES string of the molecule is CS(=O)(=O)CCNS(=O)(=O)CCOc1cccc(N)c1. The fourth-order valence-electron chi connectivity index (χ4n) is 1.33. The number of nitrogens with two attached hydrogens (primary N) is 1. The molecule has 0 aliphatic rings. The molecule has 0 bridgehead atoms. The van der Waals surface area contributed by atoms with Crippen LogP contribution in [0.25, 0.3) is 0 Å². The third-order valence-corrected chi connectivity index (χ3v) is 4.57. The molecule has 1 aromatic rings. The van der Waals surface area contributed by atoms with Crippen LogP contribution >= 0.6 is 0 Å². The number of benzene rings is 1. The Morgan fingerprint density at radius 3 is 2.50 bits per heavy atom. The molecule has 0 saturated carbocycles. The largest absolute Gasteiger partial charge is 0.492 e. The number of nitrogen functional groups attached to an aromatic ring is 1. The van der Waals surface area contributed by atoms with Crippen LogP contribution < -0.4 is 15.2 Å². The van der Waals surface area contributed by atoms with E-state index < -0.39 is 19.9 Å². The lowest BCUT2D eigenvalue weighted by Gasteiger charge is -2.08. The summed E-state index contributed by atoms with van der Waals surface area (Å²) in [7, 11) is -6.74. The van der Waals surface area contributed by atoms with Crippen LogP contribution in [0.5, 0.6) is 5.75 Å². The van der Waals surface area contributed by atoms with Gasteiger partial charge in [0.05, 0.1) is 11.5 Å². The Bertz CT molecular complexity index is 641. The first-order valence-corrected chi connectivity index (χ1v) is 9.53. The van der Waals surface area contributed by atoms with Crippen LogP contribution in [0.2, 0.25) is 0 Å². The molecule has 0 atom stereocenters. The second-order valence-electron chi connectivity index (χ2n) is 4.26. The average molecular weight is 322 g/mol. The molecule has 0 aliphatic carbocycles. The minimum Gasteiger partial charge on any atom is -0.492 e. The third-order valence-electron chi connectivity index (χ3n) is 2.27. The van der Waals surface area contributed by atoms with Gasteiger partial charge in [0, 0.05) is 24.6 Å². The summed E-state index contributed by atoms with van der Waals surface area (Å²) >= 11 is 0. The van der Waals surface area contributed by atoms with E-state index >= 15 is 0 Å². The molecule has 0 aromatic heterocycles. The number of sulfonamides is 1. The third kappa shape index (κ3) is 7.31. The Morgan fingerprint density at radius 2 is 1.90 bits per heavy atom. The first-order valence-electron chi connectivity index (χ1n) is 5.81. The number of hydrogen-bond donors (Lipinski definition) is 2. The van der Waals surface area contributed by atoms with E-state index in [0.717, 1.165) is 6.26 Å². The van der Waals surface area contributed by atoms with Crippen LogP contribution in [0.1, 0.15) is 0 Å². The normalized spacial score (nSPS) is 12.2. The first kappa shape index (κ1) is 16.7. The van der Waals surface area contributed by atoms with Crippen LogP contribution in [-0.2, 0) is 19.9 Å². The van der Waals surface area contributed by atoms with Gasteiger partial charge in [0.1, 0.15) is 22.2 Å². The zero-order valence-electron chi connectivity index (χ0n) is 11.1. The number of anilines is 1. The molecule has 0 heterocycles. The molecular weight excluding hydrogens is 304 g/mol. The van der Waals surface area contributed by atoms with Gasteiger partial charge >= 0.3 is 0 Å². The number of hydrogen-bond acceptors (Lipinski definition) is 6. The van der Waals surface area contributed by atoms with Gasteiger partial charge in [0.25, 0.3) is 0 Å². The second-order valence-corrected chi connectivity index (χ2v) is 8.45. The molecule has 0 amide bonds. The first-order chi connectivity index (χ1) is 9.18. The summed E-state index contributed by atoms with van der Waals surface area (Å²) in [6.45, 7) is -0.183. The monoisotopic (exact) mass is 322 g/mol. The van der Waals surface area contributed by atoms with Crippen molar-refractivity contribution in [1.29, 1.82) is 0 Å². The topological polar surface area (TPSA) is 116 Å². The quantitative estimate of drug-likeness (QED) is 0.630. The Balaban J connectivity index is 2.36. The summed E-state index contributed by atoms with van der Waals surface area (Å²) in [6, 6.07) is 6.64. The molecule has 0 saturated heterocycles. The Kier molecular flexibility index (Phi) is 5.78. The molecule has 0 fully saturated rings. The van der Waals surface area contributed by atoms with Gasteiger partial charge in [0.2, 0.25) is 10.0 Å². The van der Waals surface area contributed by atoms with Gasteiger partial charge in [-0.15, -0.1) is 0 Å². The highest BCUT2D eigenvalue weighted by Crippen LogP contribution is 2.14. The van der Waals surface area contributed by atoms with Gasteiger partial charge in [-0.3, -0.25) is 0 Å². The average Bonchev–Trinajstić information content (AvgIpc) is 2.26. The van der Waals surface area contributed by atoms with Crippen molar-refractivity contribution in [3.05, 3.63) is 24.3 Å². The van der Waals surface area contributed by atoms with Crippen molar-refractivity contribution in [2.45, 2.75) is 0 Å². The van der Waals surface area contributed by atoms with E-state index in [2.05, 4.69) is 4.72 Å². The van der Waals surface area contributed by atoms with Crippen LogP contribution in [0.15, 0.2) is 24.3 Å². The molecule has 1 aromatic carbocycles. The molecule has 114 valence electrons. The van der Waals surface area contributed by atoms with Crippen LogP contribution in [0, 0.1) is 0 Å². The fraction of sp³-hybridized carbons (Fsp3) is 0.455. The van der Waals surface area contributed by atoms with Crippen LogP contribution in [0.3, 0.4) is 0 Å². The highest BCUT2D eigenvalue weighted by Gasteiger charge is 2.11. The Labute approximate surface area is 119 Å². The van der Waals surface area contributed by atoms with E-state index in [1.807, 2.05) is 0 Å². The molecule has 0 aliphatic heterocycles. The van der Waals surface area contributed by atoms with Gasteiger partial charge in [0.15, 0.2) is 0 Å². The van der Waals surface area contributed by atoms with Gasteiger partial charge in [-0.25, -0.2) is 21.6 Å². The lowest BCUT2D eigenvalue weighted by molar-refractivity contribution is 0.340. The number of nitrogens with one attached hydrogen (secondary N) is 1. The maximum Gasteiger partial charge on any atom is 0.214 e. The van der Waals surface area contributed by atoms with Crippen molar-refractivity contribution in [3.63, 3.8) is 0 Å². The molecule has 1 rings (SSSR count). The van der Waals surface area contributed by atoms with E-state index in [-0.39, 0.29) is 24.7 Å². The highest BCUT2D eigenvalue weighted by atomic mass is 32.2. The van der Waals surface area contributed by atoms with E-state index in [1.165, 1.54) is 0 Å². The molecule has 7 nitrogen and oxygen atoms in total. The van der Waals surface area contributed by atoms with Crippen molar-refractivity contribution in [3.8, 4) is 5.75 Å². The van der Waals surface area contributed by atoms with Gasteiger partial charge < -0.3 is 10.5 Å². The minimum absolute atomic E-state index is 0.0440. The van der Waals surface area contributed by atoms with Crippen molar-refractivity contribution in [2.24, 2.45) is 0 Å². The lowest BCUT2D eigenvalue weighted by Crippen LogP contribution is -2.32. The Hall–Kier alpha value is -1.32. The standard InChI is InChI=1S/C11H18N2O5S2/c1-19(14,15)7-5-13-20(16,17)8-6-18-11-4-2-3-10(12)9-11/h2-4,9,13H,5-8,12H2,1H3. The Morgan fingerprint density at radius 1 is 1.20 bits per heavy atom. The molecule has 0 radical (unpaired) electrons. The van der Waals surface area contributed by atoms with E-state index in [4.69, 9.17) is 10.5 Å². The van der Waals surface area contributed by atoms with Crippen molar-refractivity contribution in [2.75, 3.05) is 36.6 Å². The molecule has 20 heavy (non-hydrogen) atoms. The predicted molar refractivity (Wildman–Crippen MR) is 77.8 cm³/mol. The van der Waals surface area contributed by atoms with Crippen LogP contribution in [-0.4, -0.2) is 47.7 Å². The van der Waals surface area contributed by atoms with Crippen molar-refractivity contribution >= 4 is 25.5 Å². The molecule has 9 heteroatoms. The second kappa shape index (κ2) is 6.91. The maximum absolute atomic E-state index is 11.6. The van der Waals surface area contributed by atoms with E-state index in [0.29, 0.717) is 11.4 Å². The van der Waals surface area contributed by atoms with Crippen molar-refractivity contribution < 1.29 is 21.6 Å². The number of ether oxygens (including phenoxy) is 1. The van der Waals surface area contributed by atoms with Crippen LogP contribution in [0.4, 0.5) is 5.69 Å². The highest BCUT2D eigenvalue weighted by molar-refractivity contribution is 7.91. The zero-order valence-corrected chi connectivity index (χ0v) is 12.7. The molecule has 0 spiro atoms. The summed E-state index contributed by atoms with van der Waals surface area (Å²) in [5, 5.41) is 0. The molecule has 0 unspecified atom stereocenters. The summed E-state index contributed by atoms with van der Waals surface area (Å²) in [4.78, 5) is 0. The van der Waals surface area contributed by atoms with Gasteiger partial charge in [-0.2, -0.15) is 0 Å². The summed E-state index contributed by atoms with van der Waals surface area (Å²) in [6.07, 6.45) is 1.05. The van der Waals surface area contributed by atoms with E-state index in [1.54, 1.807) is 24.3 Å². The van der Waals surface area contributed by atoms with E-state index in [9.17, 15) is 16.8 Å². The summed E-state index contributed by atoms with van der Waals surface area (Å²) < 4.78 is 52.3. The van der Waals surface area contributed by atoms with Gasteiger partial charge in [-0.1, -0.05) is 6.07 Å². The summed E-state index contributed by atoms with van der Waals surface area (Å²) in [5.41, 5.74) is 6.08. The molecular formula is C11H18N2O5S2. The number of sulfone groups is 1. The smallest absolute Gasteiger partial charge is 0.214 e. The van der Waals surface area contributed by atoms with Gasteiger partial charge in [-0.05, 0) is 12.1 Å². The maximum atomic E-state index is 11.6. The van der Waals surface area contributed by atoms with Crippen molar-refractivity contribution in [1.82, 2.24) is 4.72 Å². The lowest BCUT2D eigenvalue weighted by atomic mass is 10.3. The minimum atomic E-state index is -3.55.